The highest BCUT2D eigenvalue weighted by molar-refractivity contribution is 5.84. The average molecular weight is 704 g/mol. The van der Waals surface area contributed by atoms with E-state index in [9.17, 15) is 24.0 Å². The average Bonchev–Trinajstić information content (AvgIpc) is 3.67. The molecule has 17 nitrogen and oxygen atoms in total. The van der Waals surface area contributed by atoms with Crippen LogP contribution in [-0.2, 0) is 49.5 Å². The molecule has 2 unspecified atom stereocenters. The van der Waals surface area contributed by atoms with Crippen LogP contribution in [0.3, 0.4) is 0 Å². The molecule has 0 aliphatic carbocycles. The number of hydrogen-bond acceptors (Lipinski definition) is 15. The number of carbonyl (C=O) groups is 4. The van der Waals surface area contributed by atoms with Gasteiger partial charge >= 0.3 is 23.9 Å². The summed E-state index contributed by atoms with van der Waals surface area (Å²) in [5.74, 6) is -5.25. The SMILES string of the molecule is CC(C)[C@H](N)C(=O)OC(CC(=O)OCc1ccccc1)C(OC(=O)[C@@H](N)C(C)C)C(=O)OC[C@H]1O[C@@H](n2cnc3c(=O)[nH]c(N)nc32)C[C@@H]1F. The molecule has 0 radical (unpaired) electrons. The number of aromatic amines is 1. The molecule has 0 spiro atoms. The Balaban J connectivity index is 1.54. The third kappa shape index (κ3) is 9.39. The van der Waals surface area contributed by atoms with Crippen molar-refractivity contribution in [3.05, 3.63) is 52.6 Å². The Kier molecular flexibility index (Phi) is 12.6. The third-order valence-corrected chi connectivity index (χ3v) is 7.98. The van der Waals surface area contributed by atoms with Crippen molar-refractivity contribution in [3.63, 3.8) is 0 Å². The molecule has 1 aliphatic rings. The van der Waals surface area contributed by atoms with Crippen LogP contribution >= 0.6 is 0 Å². The molecular formula is C32H42FN7O10. The third-order valence-electron chi connectivity index (χ3n) is 7.98. The monoisotopic (exact) mass is 703 g/mol. The van der Waals surface area contributed by atoms with Crippen molar-refractivity contribution >= 4 is 41.0 Å². The van der Waals surface area contributed by atoms with Crippen LogP contribution in [0.5, 0.6) is 0 Å². The second-order valence-corrected chi connectivity index (χ2v) is 12.5. The molecule has 1 saturated heterocycles. The maximum absolute atomic E-state index is 15.2. The number of H-pyrrole nitrogens is 1. The summed E-state index contributed by atoms with van der Waals surface area (Å²) in [6.45, 7) is 5.75. The molecule has 1 aromatic carbocycles. The van der Waals surface area contributed by atoms with Gasteiger partial charge in [-0.2, -0.15) is 4.98 Å². The van der Waals surface area contributed by atoms with Crippen molar-refractivity contribution < 1.29 is 47.3 Å². The van der Waals surface area contributed by atoms with Gasteiger partial charge in [-0.3, -0.25) is 28.7 Å². The first-order valence-electron chi connectivity index (χ1n) is 16.0. The van der Waals surface area contributed by atoms with E-state index < -0.39 is 97.1 Å². The van der Waals surface area contributed by atoms with Crippen LogP contribution in [0.4, 0.5) is 10.3 Å². The Morgan fingerprint density at radius 3 is 2.28 bits per heavy atom. The largest absolute Gasteiger partial charge is 0.461 e. The van der Waals surface area contributed by atoms with Crippen LogP contribution < -0.4 is 22.8 Å². The normalized spacial score (nSPS) is 19.9. The van der Waals surface area contributed by atoms with Gasteiger partial charge in [-0.05, 0) is 17.4 Å². The topological polar surface area (TPSA) is 256 Å². The fourth-order valence-electron chi connectivity index (χ4n) is 4.83. The van der Waals surface area contributed by atoms with E-state index in [1.165, 1.54) is 10.9 Å². The molecule has 18 heteroatoms. The first-order valence-corrected chi connectivity index (χ1v) is 16.0. The molecule has 3 aromatic rings. The summed E-state index contributed by atoms with van der Waals surface area (Å²) in [5.41, 5.74) is 17.7. The number of carbonyl (C=O) groups excluding carboxylic acids is 4. The molecule has 0 saturated carbocycles. The highest BCUT2D eigenvalue weighted by Crippen LogP contribution is 2.33. The van der Waals surface area contributed by atoms with Crippen molar-refractivity contribution in [2.24, 2.45) is 23.3 Å². The molecule has 0 amide bonds. The number of imidazole rings is 1. The summed E-state index contributed by atoms with van der Waals surface area (Å²) in [4.78, 5) is 75.1. The number of fused-ring (bicyclic) bond motifs is 1. The van der Waals surface area contributed by atoms with Crippen LogP contribution in [0.15, 0.2) is 41.5 Å². The van der Waals surface area contributed by atoms with Crippen LogP contribution in [0.1, 0.15) is 52.3 Å². The number of aromatic nitrogens is 4. The summed E-state index contributed by atoms with van der Waals surface area (Å²) < 4.78 is 43.9. The van der Waals surface area contributed by atoms with Gasteiger partial charge in [0.05, 0.1) is 12.7 Å². The van der Waals surface area contributed by atoms with Crippen LogP contribution in [0, 0.1) is 11.8 Å². The lowest BCUT2D eigenvalue weighted by molar-refractivity contribution is -0.188. The van der Waals surface area contributed by atoms with Gasteiger partial charge in [-0.25, -0.2) is 14.2 Å². The van der Waals surface area contributed by atoms with Crippen molar-refractivity contribution in [3.8, 4) is 0 Å². The second kappa shape index (κ2) is 16.6. The van der Waals surface area contributed by atoms with E-state index in [2.05, 4.69) is 15.0 Å². The Bertz CT molecular complexity index is 1720. The Hall–Kier alpha value is -4.94. The van der Waals surface area contributed by atoms with Gasteiger partial charge in [0.15, 0.2) is 17.3 Å². The van der Waals surface area contributed by atoms with E-state index in [4.69, 9.17) is 40.9 Å². The Morgan fingerprint density at radius 1 is 1.00 bits per heavy atom. The van der Waals surface area contributed by atoms with Crippen molar-refractivity contribution in [2.75, 3.05) is 12.3 Å². The number of hydrogen-bond donors (Lipinski definition) is 4. The van der Waals surface area contributed by atoms with E-state index in [0.29, 0.717) is 5.56 Å². The minimum absolute atomic E-state index is 0.0441. The zero-order chi connectivity index (χ0) is 36.7. The highest BCUT2D eigenvalue weighted by Gasteiger charge is 2.43. The summed E-state index contributed by atoms with van der Waals surface area (Å²) in [7, 11) is 0. The maximum atomic E-state index is 15.2. The van der Waals surface area contributed by atoms with Gasteiger partial charge in [0.1, 0.15) is 43.8 Å². The number of benzene rings is 1. The number of alkyl halides is 1. The quantitative estimate of drug-likeness (QED) is 0.126. The van der Waals surface area contributed by atoms with Gasteiger partial charge in [-0.15, -0.1) is 0 Å². The predicted molar refractivity (Wildman–Crippen MR) is 173 cm³/mol. The molecule has 4 rings (SSSR count). The van der Waals surface area contributed by atoms with Gasteiger partial charge in [0.2, 0.25) is 12.1 Å². The number of rotatable bonds is 15. The van der Waals surface area contributed by atoms with E-state index in [0.717, 1.165) is 0 Å². The van der Waals surface area contributed by atoms with Crippen LogP contribution in [0.2, 0.25) is 0 Å². The van der Waals surface area contributed by atoms with E-state index in [1.54, 1.807) is 58.0 Å². The predicted octanol–water partition coefficient (Wildman–Crippen LogP) is 0.794. The van der Waals surface area contributed by atoms with E-state index in [-0.39, 0.29) is 30.1 Å². The second-order valence-electron chi connectivity index (χ2n) is 12.5. The van der Waals surface area contributed by atoms with Crippen molar-refractivity contribution in [2.45, 2.75) is 89.9 Å². The lowest BCUT2D eigenvalue weighted by Gasteiger charge is -2.28. The maximum Gasteiger partial charge on any atom is 0.351 e. The number of anilines is 1. The van der Waals surface area contributed by atoms with Crippen LogP contribution in [-0.4, -0.2) is 86.6 Å². The number of nitrogens with one attached hydrogen (secondary N) is 1. The smallest absolute Gasteiger partial charge is 0.351 e. The molecule has 1 aliphatic heterocycles. The number of halogens is 1. The highest BCUT2D eigenvalue weighted by atomic mass is 19.1. The first kappa shape index (κ1) is 37.9. The van der Waals surface area contributed by atoms with Gasteiger partial charge < -0.3 is 40.9 Å². The summed E-state index contributed by atoms with van der Waals surface area (Å²) in [5, 5.41) is 0. The standard InChI is InChI=1S/C32H42FN7O10/c1-15(2)23(34)29(43)49-19(11-22(41)46-12-17-8-6-5-7-9-17)26(50-30(44)24(35)16(3)4)31(45)47-13-20-18(33)10-21(48-20)40-14-37-25-27(40)38-32(36)39-28(25)42/h5-9,14-16,18-21,23-24,26H,10-13,34-35H2,1-4H3,(H3,36,38,39,42)/t18-,19?,20+,21+,23-,24-,26?/m0/s1. The number of nitrogens with two attached hydrogens (primary N) is 3. The Labute approximate surface area is 285 Å². The zero-order valence-corrected chi connectivity index (χ0v) is 28.0. The Morgan fingerprint density at radius 2 is 1.64 bits per heavy atom. The molecule has 2 aromatic heterocycles. The lowest BCUT2D eigenvalue weighted by atomic mass is 10.0. The molecular weight excluding hydrogens is 661 g/mol. The number of nitrogens with zero attached hydrogens (tertiary/aromatic N) is 3. The van der Waals surface area contributed by atoms with E-state index in [1.807, 2.05) is 0 Å². The molecule has 7 atom stereocenters. The zero-order valence-electron chi connectivity index (χ0n) is 28.0. The lowest BCUT2D eigenvalue weighted by Crippen LogP contribution is -2.49. The number of nitrogen functional groups attached to an aromatic ring is 1. The fraction of sp³-hybridized carbons (Fsp3) is 0.531. The summed E-state index contributed by atoms with van der Waals surface area (Å²) in [6, 6.07) is 6.33. The van der Waals surface area contributed by atoms with Gasteiger partial charge in [0, 0.05) is 6.42 Å². The van der Waals surface area contributed by atoms with Crippen LogP contribution in [0.25, 0.3) is 11.2 Å². The minimum Gasteiger partial charge on any atom is -0.461 e. The van der Waals surface area contributed by atoms with E-state index >= 15 is 4.39 Å². The molecule has 0 bridgehead atoms. The van der Waals surface area contributed by atoms with Crippen molar-refractivity contribution in [1.29, 1.82) is 0 Å². The first-order chi connectivity index (χ1) is 23.7. The summed E-state index contributed by atoms with van der Waals surface area (Å²) in [6.07, 6.45) is -7.55. The minimum atomic E-state index is -2.04. The van der Waals surface area contributed by atoms with Gasteiger partial charge in [0.25, 0.3) is 5.56 Å². The molecule has 50 heavy (non-hydrogen) atoms. The molecule has 272 valence electrons. The van der Waals surface area contributed by atoms with Crippen molar-refractivity contribution in [1.82, 2.24) is 19.5 Å². The van der Waals surface area contributed by atoms with Gasteiger partial charge in [-0.1, -0.05) is 58.0 Å². The molecule has 7 N–H and O–H groups in total. The fourth-order valence-corrected chi connectivity index (χ4v) is 4.83. The number of esters is 4. The number of ether oxygens (including phenoxy) is 5. The molecule has 3 heterocycles. The molecule has 1 fully saturated rings. The summed E-state index contributed by atoms with van der Waals surface area (Å²) >= 11 is 0.